The van der Waals surface area contributed by atoms with Crippen molar-refractivity contribution in [3.8, 4) is 0 Å². The standard InChI is InChI=1S/C14H21BrN2O/c1-17(10-13-3-2-8-18-13)12-5-4-11(6-7-16)14(15)9-12/h4-5,9,13H,2-3,6-8,10,16H2,1H3. The lowest BCUT2D eigenvalue weighted by Crippen LogP contribution is -2.28. The first-order valence-electron chi connectivity index (χ1n) is 6.52. The number of nitrogens with two attached hydrogens (primary N) is 1. The minimum atomic E-state index is 0.387. The lowest BCUT2D eigenvalue weighted by molar-refractivity contribution is 0.116. The van der Waals surface area contributed by atoms with Crippen molar-refractivity contribution in [3.05, 3.63) is 28.2 Å². The fourth-order valence-corrected chi connectivity index (χ4v) is 2.90. The van der Waals surface area contributed by atoms with Crippen LogP contribution in [0.5, 0.6) is 0 Å². The largest absolute Gasteiger partial charge is 0.376 e. The summed E-state index contributed by atoms with van der Waals surface area (Å²) in [6.07, 6.45) is 3.67. The molecule has 1 aromatic carbocycles. The van der Waals surface area contributed by atoms with Crippen molar-refractivity contribution < 1.29 is 4.74 Å². The van der Waals surface area contributed by atoms with Crippen LogP contribution in [-0.2, 0) is 11.2 Å². The van der Waals surface area contributed by atoms with E-state index in [-0.39, 0.29) is 0 Å². The zero-order chi connectivity index (χ0) is 13.0. The first-order valence-corrected chi connectivity index (χ1v) is 7.31. The first kappa shape index (κ1) is 13.8. The van der Waals surface area contributed by atoms with Crippen molar-refractivity contribution in [1.82, 2.24) is 0 Å². The summed E-state index contributed by atoms with van der Waals surface area (Å²) >= 11 is 3.62. The van der Waals surface area contributed by atoms with Crippen LogP contribution in [-0.4, -0.2) is 32.8 Å². The quantitative estimate of drug-likeness (QED) is 0.908. The molecule has 1 aromatic rings. The van der Waals surface area contributed by atoms with Gasteiger partial charge in [-0.25, -0.2) is 0 Å². The molecule has 1 aliphatic rings. The Morgan fingerprint density at radius 2 is 2.33 bits per heavy atom. The summed E-state index contributed by atoms with van der Waals surface area (Å²) in [5.74, 6) is 0. The monoisotopic (exact) mass is 312 g/mol. The predicted molar refractivity (Wildman–Crippen MR) is 79.1 cm³/mol. The fourth-order valence-electron chi connectivity index (χ4n) is 2.33. The van der Waals surface area contributed by atoms with E-state index in [4.69, 9.17) is 10.5 Å². The number of hydrogen-bond acceptors (Lipinski definition) is 3. The molecule has 0 aliphatic carbocycles. The van der Waals surface area contributed by atoms with Crippen LogP contribution in [0.25, 0.3) is 0 Å². The molecular formula is C14H21BrN2O. The smallest absolute Gasteiger partial charge is 0.0750 e. The molecular weight excluding hydrogens is 292 g/mol. The minimum Gasteiger partial charge on any atom is -0.376 e. The summed E-state index contributed by atoms with van der Waals surface area (Å²) in [7, 11) is 2.12. The van der Waals surface area contributed by atoms with Gasteiger partial charge < -0.3 is 15.4 Å². The highest BCUT2D eigenvalue weighted by atomic mass is 79.9. The molecule has 2 N–H and O–H groups in total. The summed E-state index contributed by atoms with van der Waals surface area (Å²) < 4.78 is 6.81. The molecule has 0 bridgehead atoms. The number of hydrogen-bond donors (Lipinski definition) is 1. The predicted octanol–water partition coefficient (Wildman–Crippen LogP) is 2.57. The molecule has 1 aliphatic heterocycles. The molecule has 18 heavy (non-hydrogen) atoms. The summed E-state index contributed by atoms with van der Waals surface area (Å²) in [4.78, 5) is 2.26. The molecule has 100 valence electrons. The Kier molecular flexibility index (Phi) is 5.03. The van der Waals surface area contributed by atoms with Gasteiger partial charge in [-0.2, -0.15) is 0 Å². The van der Waals surface area contributed by atoms with Crippen molar-refractivity contribution in [3.63, 3.8) is 0 Å². The van der Waals surface area contributed by atoms with Gasteiger partial charge in [0.05, 0.1) is 6.10 Å². The van der Waals surface area contributed by atoms with E-state index in [1.807, 2.05) is 0 Å². The number of nitrogens with zero attached hydrogens (tertiary/aromatic N) is 1. The third-order valence-electron chi connectivity index (χ3n) is 3.39. The lowest BCUT2D eigenvalue weighted by Gasteiger charge is -2.23. The van der Waals surface area contributed by atoms with Crippen LogP contribution in [0.4, 0.5) is 5.69 Å². The third kappa shape index (κ3) is 3.46. The van der Waals surface area contributed by atoms with Gasteiger partial charge in [-0.15, -0.1) is 0 Å². The maximum atomic E-state index is 5.67. The van der Waals surface area contributed by atoms with Gasteiger partial charge >= 0.3 is 0 Å². The maximum Gasteiger partial charge on any atom is 0.0750 e. The van der Waals surface area contributed by atoms with E-state index >= 15 is 0 Å². The van der Waals surface area contributed by atoms with Gasteiger partial charge in [0.25, 0.3) is 0 Å². The molecule has 1 saturated heterocycles. The van der Waals surface area contributed by atoms with E-state index in [1.54, 1.807) is 0 Å². The molecule has 0 amide bonds. The average molecular weight is 313 g/mol. The van der Waals surface area contributed by atoms with Crippen molar-refractivity contribution >= 4 is 21.6 Å². The highest BCUT2D eigenvalue weighted by Gasteiger charge is 2.17. The van der Waals surface area contributed by atoms with Crippen LogP contribution in [0.1, 0.15) is 18.4 Å². The van der Waals surface area contributed by atoms with Gasteiger partial charge in [-0.3, -0.25) is 0 Å². The van der Waals surface area contributed by atoms with Crippen LogP contribution in [0.2, 0.25) is 0 Å². The highest BCUT2D eigenvalue weighted by Crippen LogP contribution is 2.25. The Morgan fingerprint density at radius 1 is 1.50 bits per heavy atom. The summed E-state index contributed by atoms with van der Waals surface area (Å²) in [5, 5.41) is 0. The topological polar surface area (TPSA) is 38.5 Å². The Bertz CT molecular complexity index is 391. The van der Waals surface area contributed by atoms with Gasteiger partial charge in [0.2, 0.25) is 0 Å². The number of anilines is 1. The van der Waals surface area contributed by atoms with Crippen LogP contribution in [0, 0.1) is 0 Å². The molecule has 3 nitrogen and oxygen atoms in total. The Morgan fingerprint density at radius 3 is 2.94 bits per heavy atom. The highest BCUT2D eigenvalue weighted by molar-refractivity contribution is 9.10. The zero-order valence-electron chi connectivity index (χ0n) is 10.9. The molecule has 0 aromatic heterocycles. The van der Waals surface area contributed by atoms with Crippen molar-refractivity contribution in [1.29, 1.82) is 0 Å². The summed E-state index contributed by atoms with van der Waals surface area (Å²) in [6.45, 7) is 2.56. The fraction of sp³-hybridized carbons (Fsp3) is 0.571. The molecule has 1 atom stereocenters. The first-order chi connectivity index (χ1) is 8.70. The van der Waals surface area contributed by atoms with Crippen LogP contribution < -0.4 is 10.6 Å². The molecule has 4 heteroatoms. The number of rotatable bonds is 5. The number of benzene rings is 1. The Hall–Kier alpha value is -0.580. The normalized spacial score (nSPS) is 19.2. The second-order valence-electron chi connectivity index (χ2n) is 4.83. The molecule has 2 rings (SSSR count). The second kappa shape index (κ2) is 6.55. The van der Waals surface area contributed by atoms with Crippen molar-refractivity contribution in [2.45, 2.75) is 25.4 Å². The van der Waals surface area contributed by atoms with Crippen molar-refractivity contribution in [2.75, 3.05) is 31.6 Å². The molecule has 0 radical (unpaired) electrons. The molecule has 1 fully saturated rings. The molecule has 0 saturated carbocycles. The van der Waals surface area contributed by atoms with E-state index in [0.29, 0.717) is 12.6 Å². The van der Waals surface area contributed by atoms with Gasteiger partial charge in [-0.05, 0) is 43.5 Å². The molecule has 1 heterocycles. The van der Waals surface area contributed by atoms with Gasteiger partial charge in [0.1, 0.15) is 0 Å². The van der Waals surface area contributed by atoms with E-state index in [1.165, 1.54) is 24.1 Å². The van der Waals surface area contributed by atoms with Crippen LogP contribution in [0.15, 0.2) is 22.7 Å². The maximum absolute atomic E-state index is 5.67. The van der Waals surface area contributed by atoms with Gasteiger partial charge in [0, 0.05) is 30.4 Å². The lowest BCUT2D eigenvalue weighted by atomic mass is 10.1. The zero-order valence-corrected chi connectivity index (χ0v) is 12.4. The Labute approximate surface area is 117 Å². The average Bonchev–Trinajstić information content (AvgIpc) is 2.84. The number of ether oxygens (including phenoxy) is 1. The van der Waals surface area contributed by atoms with Crippen molar-refractivity contribution in [2.24, 2.45) is 5.73 Å². The van der Waals surface area contributed by atoms with E-state index in [9.17, 15) is 0 Å². The summed E-state index contributed by atoms with van der Waals surface area (Å²) in [5.41, 5.74) is 8.08. The minimum absolute atomic E-state index is 0.387. The van der Waals surface area contributed by atoms with E-state index < -0.39 is 0 Å². The van der Waals surface area contributed by atoms with Gasteiger partial charge in [-0.1, -0.05) is 22.0 Å². The second-order valence-corrected chi connectivity index (χ2v) is 5.68. The number of likely N-dealkylation sites (N-methyl/N-ethyl adjacent to an activating group) is 1. The van der Waals surface area contributed by atoms with Crippen LogP contribution >= 0.6 is 15.9 Å². The molecule has 0 spiro atoms. The van der Waals surface area contributed by atoms with Crippen LogP contribution in [0.3, 0.4) is 0 Å². The van der Waals surface area contributed by atoms with E-state index in [2.05, 4.69) is 46.1 Å². The third-order valence-corrected chi connectivity index (χ3v) is 4.13. The van der Waals surface area contributed by atoms with Gasteiger partial charge in [0.15, 0.2) is 0 Å². The summed E-state index contributed by atoms with van der Waals surface area (Å²) in [6, 6.07) is 6.48. The Balaban J connectivity index is 2.01. The van der Waals surface area contributed by atoms with E-state index in [0.717, 1.165) is 24.0 Å². The SMILES string of the molecule is CN(CC1CCCO1)c1ccc(CCN)c(Br)c1. The molecule has 1 unspecified atom stereocenters. The number of halogens is 1.